The normalized spacial score (nSPS) is 10.7. The molecule has 0 aliphatic heterocycles. The number of nitrogens with zero attached hydrogens (tertiary/aromatic N) is 2. The third-order valence-electron chi connectivity index (χ3n) is 5.35. The number of nitrogens with one attached hydrogen (secondary N) is 2. The molecule has 0 fully saturated rings. The molecule has 7 heteroatoms. The Hall–Kier alpha value is -4.26. The van der Waals surface area contributed by atoms with Crippen molar-refractivity contribution in [1.29, 1.82) is 0 Å². The number of pyridine rings is 2. The lowest BCUT2D eigenvalue weighted by molar-refractivity contribution is 0.0696. The van der Waals surface area contributed by atoms with Gasteiger partial charge in [-0.3, -0.25) is 10.3 Å². The van der Waals surface area contributed by atoms with Crippen molar-refractivity contribution < 1.29 is 14.7 Å². The molecule has 0 aliphatic rings. The SMILES string of the molecule is CCNC(=O)Nc1cc2c(-c3ccnc(C)c3)ccc(Cc3cccc(C(=O)O)c3)c2cn1. The molecule has 2 heterocycles. The number of anilines is 1. The molecule has 7 nitrogen and oxygen atoms in total. The highest BCUT2D eigenvalue weighted by Crippen LogP contribution is 2.33. The van der Waals surface area contributed by atoms with Crippen LogP contribution < -0.4 is 10.6 Å². The van der Waals surface area contributed by atoms with Crippen molar-refractivity contribution >= 4 is 28.6 Å². The first-order valence-corrected chi connectivity index (χ1v) is 10.7. The second-order valence-corrected chi connectivity index (χ2v) is 7.74. The van der Waals surface area contributed by atoms with Crippen molar-refractivity contribution in [3.05, 3.63) is 89.4 Å². The number of carbonyl (C=O) groups is 2. The molecule has 2 amide bonds. The highest BCUT2D eigenvalue weighted by molar-refractivity contribution is 6.01. The van der Waals surface area contributed by atoms with Gasteiger partial charge < -0.3 is 10.4 Å². The summed E-state index contributed by atoms with van der Waals surface area (Å²) in [5, 5.41) is 16.7. The van der Waals surface area contributed by atoms with E-state index in [1.807, 2.05) is 50.2 Å². The Labute approximate surface area is 191 Å². The number of rotatable bonds is 6. The zero-order valence-electron chi connectivity index (χ0n) is 18.4. The number of aryl methyl sites for hydroxylation is 1. The summed E-state index contributed by atoms with van der Waals surface area (Å²) in [6, 6.07) is 16.5. The second kappa shape index (κ2) is 9.48. The van der Waals surface area contributed by atoms with E-state index in [1.165, 1.54) is 0 Å². The summed E-state index contributed by atoms with van der Waals surface area (Å²) in [6.07, 6.45) is 4.08. The number of hydrogen-bond donors (Lipinski definition) is 3. The summed E-state index contributed by atoms with van der Waals surface area (Å²) in [7, 11) is 0. The average Bonchev–Trinajstić information content (AvgIpc) is 2.79. The summed E-state index contributed by atoms with van der Waals surface area (Å²) >= 11 is 0. The van der Waals surface area contributed by atoms with E-state index in [4.69, 9.17) is 0 Å². The third kappa shape index (κ3) is 4.98. The largest absolute Gasteiger partial charge is 0.478 e. The molecule has 0 saturated carbocycles. The monoisotopic (exact) mass is 440 g/mol. The van der Waals surface area contributed by atoms with Gasteiger partial charge in [-0.15, -0.1) is 0 Å². The molecule has 0 atom stereocenters. The smallest absolute Gasteiger partial charge is 0.335 e. The summed E-state index contributed by atoms with van der Waals surface area (Å²) in [4.78, 5) is 32.1. The first kappa shape index (κ1) is 22.0. The van der Waals surface area contributed by atoms with E-state index in [9.17, 15) is 14.7 Å². The van der Waals surface area contributed by atoms with E-state index in [-0.39, 0.29) is 11.6 Å². The summed E-state index contributed by atoms with van der Waals surface area (Å²) in [5.41, 5.74) is 5.09. The predicted octanol–water partition coefficient (Wildman–Crippen LogP) is 5.04. The van der Waals surface area contributed by atoms with Crippen molar-refractivity contribution in [2.24, 2.45) is 0 Å². The molecular weight excluding hydrogens is 416 g/mol. The molecule has 3 N–H and O–H groups in total. The van der Waals surface area contributed by atoms with Gasteiger partial charge >= 0.3 is 12.0 Å². The average molecular weight is 441 g/mol. The Kier molecular flexibility index (Phi) is 6.31. The van der Waals surface area contributed by atoms with Crippen LogP contribution in [0.25, 0.3) is 21.9 Å². The van der Waals surface area contributed by atoms with E-state index in [2.05, 4.69) is 20.6 Å². The quantitative estimate of drug-likeness (QED) is 0.390. The fourth-order valence-electron chi connectivity index (χ4n) is 3.84. The Morgan fingerprint density at radius 1 is 1.00 bits per heavy atom. The van der Waals surface area contributed by atoms with Crippen LogP contribution in [0.4, 0.5) is 10.6 Å². The number of urea groups is 1. The Balaban J connectivity index is 1.82. The second-order valence-electron chi connectivity index (χ2n) is 7.74. The van der Waals surface area contributed by atoms with E-state index in [0.29, 0.717) is 18.8 Å². The van der Waals surface area contributed by atoms with Crippen LogP contribution in [-0.4, -0.2) is 33.6 Å². The number of hydrogen-bond acceptors (Lipinski definition) is 4. The lowest BCUT2D eigenvalue weighted by Gasteiger charge is -2.14. The Morgan fingerprint density at radius 3 is 2.61 bits per heavy atom. The standard InChI is InChI=1S/C26H24N4O3/c1-3-27-26(33)30-24-14-22-21(19-9-10-28-16(2)11-19)8-7-18(23(22)15-29-24)12-17-5-4-6-20(13-17)25(31)32/h4-11,13-15H,3,12H2,1-2H3,(H,31,32)(H2,27,29,30,33). The summed E-state index contributed by atoms with van der Waals surface area (Å²) in [5.74, 6) is -0.502. The molecule has 0 bridgehead atoms. The maximum Gasteiger partial charge on any atom is 0.335 e. The number of aromatic carboxylic acids is 1. The van der Waals surface area contributed by atoms with Gasteiger partial charge in [-0.25, -0.2) is 14.6 Å². The zero-order valence-corrected chi connectivity index (χ0v) is 18.4. The number of benzene rings is 2. The molecule has 0 aliphatic carbocycles. The minimum atomic E-state index is -0.951. The van der Waals surface area contributed by atoms with Gasteiger partial charge in [0.15, 0.2) is 0 Å². The Morgan fingerprint density at radius 2 is 1.85 bits per heavy atom. The number of carbonyl (C=O) groups excluding carboxylic acids is 1. The molecule has 4 aromatic rings. The minimum absolute atomic E-state index is 0.257. The molecule has 2 aromatic heterocycles. The predicted molar refractivity (Wildman–Crippen MR) is 129 cm³/mol. The number of aromatic nitrogens is 2. The van der Waals surface area contributed by atoms with Gasteiger partial charge in [-0.1, -0.05) is 24.3 Å². The van der Waals surface area contributed by atoms with Gasteiger partial charge in [0.2, 0.25) is 0 Å². The van der Waals surface area contributed by atoms with Gasteiger partial charge in [-0.05, 0) is 78.2 Å². The Bertz CT molecular complexity index is 1350. The number of amides is 2. The minimum Gasteiger partial charge on any atom is -0.478 e. The molecule has 0 unspecified atom stereocenters. The van der Waals surface area contributed by atoms with Gasteiger partial charge in [0.1, 0.15) is 5.82 Å². The first-order valence-electron chi connectivity index (χ1n) is 10.7. The van der Waals surface area contributed by atoms with E-state index in [0.717, 1.165) is 38.7 Å². The molecule has 0 radical (unpaired) electrons. The van der Waals surface area contributed by atoms with Crippen LogP contribution in [0.2, 0.25) is 0 Å². The van der Waals surface area contributed by atoms with Gasteiger partial charge in [0.25, 0.3) is 0 Å². The van der Waals surface area contributed by atoms with Gasteiger partial charge in [-0.2, -0.15) is 0 Å². The third-order valence-corrected chi connectivity index (χ3v) is 5.35. The van der Waals surface area contributed by atoms with Crippen molar-refractivity contribution in [2.45, 2.75) is 20.3 Å². The van der Waals surface area contributed by atoms with Crippen LogP contribution in [0.3, 0.4) is 0 Å². The fraction of sp³-hybridized carbons (Fsp3) is 0.154. The van der Waals surface area contributed by atoms with Crippen molar-refractivity contribution in [2.75, 3.05) is 11.9 Å². The number of fused-ring (bicyclic) bond motifs is 1. The highest BCUT2D eigenvalue weighted by atomic mass is 16.4. The molecule has 4 rings (SSSR count). The molecule has 0 saturated heterocycles. The van der Waals surface area contributed by atoms with Crippen LogP contribution >= 0.6 is 0 Å². The molecule has 166 valence electrons. The van der Waals surface area contributed by atoms with Crippen LogP contribution in [0, 0.1) is 6.92 Å². The fourth-order valence-corrected chi connectivity index (χ4v) is 3.84. The van der Waals surface area contributed by atoms with E-state index in [1.54, 1.807) is 30.6 Å². The van der Waals surface area contributed by atoms with Gasteiger partial charge in [0.05, 0.1) is 5.56 Å². The van der Waals surface area contributed by atoms with Gasteiger partial charge in [0, 0.05) is 30.0 Å². The number of carboxylic acids is 1. The van der Waals surface area contributed by atoms with Crippen LogP contribution in [-0.2, 0) is 6.42 Å². The zero-order chi connectivity index (χ0) is 23.4. The van der Waals surface area contributed by atoms with E-state index < -0.39 is 5.97 Å². The lowest BCUT2D eigenvalue weighted by atomic mass is 9.93. The van der Waals surface area contributed by atoms with Crippen LogP contribution in [0.5, 0.6) is 0 Å². The van der Waals surface area contributed by atoms with E-state index >= 15 is 0 Å². The molecule has 2 aromatic carbocycles. The molecular formula is C26H24N4O3. The van der Waals surface area contributed by atoms with Crippen LogP contribution in [0.1, 0.15) is 34.1 Å². The van der Waals surface area contributed by atoms with Crippen molar-refractivity contribution in [3.63, 3.8) is 0 Å². The lowest BCUT2D eigenvalue weighted by Crippen LogP contribution is -2.28. The summed E-state index contributed by atoms with van der Waals surface area (Å²) < 4.78 is 0. The maximum absolute atomic E-state index is 12.0. The number of carboxylic acid groups (broad SMARTS) is 1. The van der Waals surface area contributed by atoms with Crippen LogP contribution in [0.15, 0.2) is 67.0 Å². The summed E-state index contributed by atoms with van der Waals surface area (Å²) in [6.45, 7) is 4.31. The molecule has 0 spiro atoms. The first-order chi connectivity index (χ1) is 15.9. The molecule has 33 heavy (non-hydrogen) atoms. The maximum atomic E-state index is 12.0. The topological polar surface area (TPSA) is 104 Å². The highest BCUT2D eigenvalue weighted by Gasteiger charge is 2.13. The van der Waals surface area contributed by atoms with Crippen molar-refractivity contribution in [3.8, 4) is 11.1 Å². The van der Waals surface area contributed by atoms with Crippen molar-refractivity contribution in [1.82, 2.24) is 15.3 Å².